The molecule has 4 nitrogen and oxygen atoms in total. The van der Waals surface area contributed by atoms with Crippen LogP contribution in [0.4, 0.5) is 34.1 Å². The minimum Gasteiger partial charge on any atom is -0.311 e. The van der Waals surface area contributed by atoms with E-state index in [0.717, 1.165) is 50.0 Å². The van der Waals surface area contributed by atoms with E-state index in [1.54, 1.807) is 12.1 Å². The van der Waals surface area contributed by atoms with Crippen molar-refractivity contribution in [2.45, 2.75) is 132 Å². The first kappa shape index (κ1) is 41.9. The molecule has 0 saturated heterocycles. The second-order valence-electron chi connectivity index (χ2n) is 30.1. The molecule has 456 valence electrons. The molecule has 0 amide bonds. The van der Waals surface area contributed by atoms with Crippen LogP contribution in [0.1, 0.15) is 156 Å². The third kappa shape index (κ3) is 9.88. The van der Waals surface area contributed by atoms with Crippen molar-refractivity contribution in [2.75, 3.05) is 9.80 Å². The van der Waals surface area contributed by atoms with Gasteiger partial charge in [0.25, 0.3) is 6.71 Å². The molecule has 2 aliphatic heterocycles. The lowest BCUT2D eigenvalue weighted by atomic mass is 9.33. The van der Waals surface area contributed by atoms with Crippen molar-refractivity contribution >= 4 is 101 Å². The summed E-state index contributed by atoms with van der Waals surface area (Å²) in [5.74, 6) is 0. The fraction of sp³-hybridized carbons (Fsp3) is 0.241. The lowest BCUT2D eigenvalue weighted by Crippen LogP contribution is -2.61. The monoisotopic (exact) mass is 1210 g/mol. The standard InChI is InChI=1S/C87H85BN4/c1-83(2,3)54-55-46-80-82-81(47-55)92(77-45-39-61(87(13,14)15)51-69(77)57-27-25-29-59(49-57)85(7,8)9)79-53-63(90-74-36-22-18-32-66(74)67-33-19-23-37-75(67)90)41-43-71(79)88(82)70-42-40-62(89-72-34-20-16-30-64(72)65-31-17-21-35-73(65)89)52-78(70)91(80)76-44-38-60(86(10,11)12)50-68(76)56-26-24-28-58(48-56)84(4,5)6/h16-53H,54H2,1-15H3/i16D,17D,18D,19D,20D,21D,22D,23D,30D,31D,32D,33D,34D,35D,36D,37D,54D2. The Morgan fingerprint density at radius 1 is 0.348 bits per heavy atom. The lowest BCUT2D eigenvalue weighted by molar-refractivity contribution is 0.411. The molecule has 92 heavy (non-hydrogen) atoms. The molecule has 0 unspecified atom stereocenters. The molecule has 0 aliphatic carbocycles. The molecule has 15 rings (SSSR count). The molecule has 11 aromatic carbocycles. The number of hydrogen-bond acceptors (Lipinski definition) is 2. The summed E-state index contributed by atoms with van der Waals surface area (Å²) in [5.41, 5.74) is 11.2. The van der Waals surface area contributed by atoms with Crippen LogP contribution in [0.15, 0.2) is 230 Å². The van der Waals surface area contributed by atoms with Gasteiger partial charge in [-0.3, -0.25) is 0 Å². The van der Waals surface area contributed by atoms with Gasteiger partial charge in [-0.05, 0) is 174 Å². The third-order valence-electron chi connectivity index (χ3n) is 18.4. The van der Waals surface area contributed by atoms with Crippen LogP contribution in [0, 0.1) is 5.41 Å². The molecule has 2 aromatic heterocycles. The largest absolute Gasteiger partial charge is 0.311 e. The number of anilines is 6. The Hall–Kier alpha value is -9.32. The number of fused-ring (bicyclic) bond motifs is 10. The Balaban J connectivity index is 1.17. The van der Waals surface area contributed by atoms with Crippen LogP contribution in [0.3, 0.4) is 0 Å². The van der Waals surface area contributed by atoms with Crippen molar-refractivity contribution < 1.29 is 24.7 Å². The minimum atomic E-state index is -2.14. The smallest absolute Gasteiger partial charge is 0.252 e. The molecule has 0 saturated carbocycles. The summed E-state index contributed by atoms with van der Waals surface area (Å²) < 4.78 is 174. The van der Waals surface area contributed by atoms with Crippen LogP contribution < -0.4 is 26.2 Å². The van der Waals surface area contributed by atoms with Crippen LogP contribution in [-0.2, 0) is 28.0 Å². The van der Waals surface area contributed by atoms with E-state index in [2.05, 4.69) is 178 Å². The molecule has 0 N–H and O–H groups in total. The van der Waals surface area contributed by atoms with Gasteiger partial charge in [0, 0.05) is 69.5 Å². The zero-order valence-electron chi connectivity index (χ0n) is 73.1. The van der Waals surface area contributed by atoms with E-state index >= 15 is 0 Å². The van der Waals surface area contributed by atoms with Crippen LogP contribution in [0.2, 0.25) is 0 Å². The molecular weight excluding hydrogens is 1110 g/mol. The van der Waals surface area contributed by atoms with E-state index in [4.69, 9.17) is 5.48 Å². The van der Waals surface area contributed by atoms with Crippen molar-refractivity contribution in [1.82, 2.24) is 9.13 Å². The van der Waals surface area contributed by atoms with Gasteiger partial charge in [-0.25, -0.2) is 0 Å². The summed E-state index contributed by atoms with van der Waals surface area (Å²) in [4.78, 5) is 4.32. The van der Waals surface area contributed by atoms with E-state index in [0.29, 0.717) is 50.6 Å². The third-order valence-corrected chi connectivity index (χ3v) is 18.4. The Kier molecular flexibility index (Phi) is 9.63. The topological polar surface area (TPSA) is 16.3 Å². The average Bonchev–Trinajstić information content (AvgIpc) is 1.66. The molecule has 4 heterocycles. The first-order chi connectivity index (χ1) is 51.2. The number of nitrogens with zero attached hydrogens (tertiary/aromatic N) is 4. The van der Waals surface area contributed by atoms with Crippen LogP contribution in [-0.4, -0.2) is 15.8 Å². The van der Waals surface area contributed by atoms with Gasteiger partial charge in [0.2, 0.25) is 0 Å². The highest BCUT2D eigenvalue weighted by molar-refractivity contribution is 7.00. The molecule has 0 atom stereocenters. The minimum absolute atomic E-state index is 0.0786. The Morgan fingerprint density at radius 3 is 1.04 bits per heavy atom. The van der Waals surface area contributed by atoms with E-state index in [1.807, 2.05) is 57.2 Å². The van der Waals surface area contributed by atoms with Crippen molar-refractivity contribution in [1.29, 1.82) is 0 Å². The molecular formula is C87H85BN4. The number of benzene rings is 11. The zero-order chi connectivity index (χ0) is 79.8. The molecule has 0 fully saturated rings. The van der Waals surface area contributed by atoms with Crippen molar-refractivity contribution in [3.05, 3.63) is 258 Å². The maximum absolute atomic E-state index is 10.6. The van der Waals surface area contributed by atoms with Crippen molar-refractivity contribution in [3.8, 4) is 33.6 Å². The second-order valence-corrected chi connectivity index (χ2v) is 30.1. The lowest BCUT2D eigenvalue weighted by Gasteiger charge is -2.45. The van der Waals surface area contributed by atoms with E-state index in [-0.39, 0.29) is 76.6 Å². The molecule has 0 bridgehead atoms. The van der Waals surface area contributed by atoms with Gasteiger partial charge in [-0.2, -0.15) is 0 Å². The fourth-order valence-electron chi connectivity index (χ4n) is 13.8. The van der Waals surface area contributed by atoms with Crippen LogP contribution >= 0.6 is 0 Å². The quantitative estimate of drug-likeness (QED) is 0.148. The van der Waals surface area contributed by atoms with E-state index in [1.165, 1.54) is 9.13 Å². The number of aromatic nitrogens is 2. The molecule has 13 aromatic rings. The first-order valence-corrected chi connectivity index (χ1v) is 31.8. The number of rotatable bonds is 7. The Morgan fingerprint density at radius 2 is 0.696 bits per heavy atom. The average molecular weight is 1220 g/mol. The van der Waals surface area contributed by atoms with E-state index in [9.17, 15) is 19.2 Å². The zero-order valence-corrected chi connectivity index (χ0v) is 55.1. The van der Waals surface area contributed by atoms with Gasteiger partial charge < -0.3 is 18.9 Å². The number of hydrogen-bond donors (Lipinski definition) is 0. The summed E-state index contributed by atoms with van der Waals surface area (Å²) in [5, 5.41) is -0.382. The highest BCUT2D eigenvalue weighted by Gasteiger charge is 2.45. The van der Waals surface area contributed by atoms with Crippen molar-refractivity contribution in [3.63, 3.8) is 0 Å². The SMILES string of the molecule is [2H]c1c([2H])c([2H])c2c(c1[2H])c1c([2H])c([2H])c([2H])c([2H])c1n2-c1ccc2c(c1)N(c1ccc(C(C)(C)C)cc1-c1cccc(C(C)(C)C)c1)c1cc(C([2H])([2H])C(C)(C)C)cc3c1B2c1ccc(-n2c4c([2H])c([2H])c([2H])c([2H])c4c4c([2H])c([2H])c([2H])c([2H])c42)cc1N3c1ccc(C(C)(C)C)cc1-c1cccc(C(C)(C)C)c1. The van der Waals surface area contributed by atoms with Gasteiger partial charge >= 0.3 is 0 Å². The second kappa shape index (κ2) is 21.1. The summed E-state index contributed by atoms with van der Waals surface area (Å²) in [6.07, 6.45) is -2.14. The van der Waals surface area contributed by atoms with Crippen molar-refractivity contribution in [2.24, 2.45) is 5.41 Å². The normalized spacial score (nSPS) is 16.5. The van der Waals surface area contributed by atoms with Gasteiger partial charge in [0.05, 0.1) is 55.4 Å². The highest BCUT2D eigenvalue weighted by Crippen LogP contribution is 2.52. The molecule has 2 aliphatic rings. The molecule has 0 spiro atoms. The summed E-state index contributed by atoms with van der Waals surface area (Å²) >= 11 is 0. The van der Waals surface area contributed by atoms with Gasteiger partial charge in [0.15, 0.2) is 0 Å². The fourth-order valence-corrected chi connectivity index (χ4v) is 13.8. The van der Waals surface area contributed by atoms with Crippen LogP contribution in [0.25, 0.3) is 77.2 Å². The summed E-state index contributed by atoms with van der Waals surface area (Å²) in [6, 6.07) is 36.5. The number of para-hydroxylation sites is 4. The maximum Gasteiger partial charge on any atom is 0.252 e. The Labute approximate surface area is 571 Å². The van der Waals surface area contributed by atoms with E-state index < -0.39 is 115 Å². The summed E-state index contributed by atoms with van der Waals surface area (Å²) in [7, 11) is 0. The summed E-state index contributed by atoms with van der Waals surface area (Å²) in [6.45, 7) is 30.7. The Bertz CT molecular complexity index is 5700. The molecule has 0 radical (unpaired) electrons. The van der Waals surface area contributed by atoms with Gasteiger partial charge in [0.1, 0.15) is 0 Å². The van der Waals surface area contributed by atoms with Crippen LogP contribution in [0.5, 0.6) is 0 Å². The highest BCUT2D eigenvalue weighted by atomic mass is 15.2. The first-order valence-electron chi connectivity index (χ1n) is 40.8. The van der Waals surface area contributed by atoms with Gasteiger partial charge in [-0.15, -0.1) is 0 Å². The van der Waals surface area contributed by atoms with Gasteiger partial charge in [-0.1, -0.05) is 249 Å². The predicted octanol–water partition coefficient (Wildman–Crippen LogP) is 22.1. The molecule has 5 heteroatoms. The maximum atomic E-state index is 10.6. The predicted molar refractivity (Wildman–Crippen MR) is 398 cm³/mol.